The molecule has 9 heteroatoms. The molecule has 3 aromatic heterocycles. The molecule has 2 aliphatic heterocycles. The molecule has 0 spiro atoms. The van der Waals surface area contributed by atoms with Crippen LogP contribution in [-0.4, -0.2) is 41.2 Å². The Morgan fingerprint density at radius 3 is 1.35 bits per heavy atom. The molecule has 338 valence electrons. The number of nitrogens with zero attached hydrogens (tertiary/aromatic N) is 7. The number of fused-ring (bicyclic) bond motifs is 7. The quantitative estimate of drug-likeness (QED) is 0.140. The zero-order chi connectivity index (χ0) is 47.9. The van der Waals surface area contributed by atoms with Crippen LogP contribution in [0.5, 0.6) is 11.5 Å². The summed E-state index contributed by atoms with van der Waals surface area (Å²) in [6.45, 7) is 4.33. The summed E-state index contributed by atoms with van der Waals surface area (Å²) >= 11 is 0. The van der Waals surface area contributed by atoms with Crippen LogP contribution in [0.2, 0.25) is 0 Å². The average molecular weight is 924 g/mol. The van der Waals surface area contributed by atoms with E-state index in [4.69, 9.17) is 34.6 Å². The molecule has 9 aromatic carbocycles. The van der Waals surface area contributed by atoms with Gasteiger partial charge in [-0.05, 0) is 81.5 Å². The minimum absolute atomic E-state index is 0.169. The van der Waals surface area contributed by atoms with Gasteiger partial charge >= 0.3 is 0 Å². The summed E-state index contributed by atoms with van der Waals surface area (Å²) in [5.74, 6) is 5.58. The van der Waals surface area contributed by atoms with Crippen LogP contribution in [0.3, 0.4) is 0 Å². The number of ether oxygens (including phenoxy) is 1. The minimum Gasteiger partial charge on any atom is -0.458 e. The summed E-state index contributed by atoms with van der Waals surface area (Å²) in [7, 11) is 0. The number of benzene rings is 9. The Balaban J connectivity index is 1.07. The standard InChI is InChI=1S/C63H42BN7O/c1-38(2)46-35-53-56-55(37-46)72-54-36-44(39-18-8-3-9-19-39)28-30-50(54)64(56)51-34-47(63-69-60(42-24-14-6-15-25-42)66-61(70-63)43-26-16-7-17-27-43)33-49-48-32-45(29-31-52(48)71(53)57(49)51)62-67-58(40-20-10-4-11-21-40)65-59(68-62)41-22-12-5-13-23-41/h3-38H,1-2H3. The van der Waals surface area contributed by atoms with E-state index in [1.807, 2.05) is 97.1 Å². The molecule has 0 amide bonds. The zero-order valence-corrected chi connectivity index (χ0v) is 39.4. The predicted octanol–water partition coefficient (Wildman–Crippen LogP) is 12.9. The normalized spacial score (nSPS) is 12.2. The molecule has 2 aliphatic rings. The molecule has 0 fully saturated rings. The number of aromatic nitrogens is 7. The van der Waals surface area contributed by atoms with Crippen LogP contribution < -0.4 is 21.1 Å². The highest BCUT2D eigenvalue weighted by molar-refractivity contribution is 6.99. The van der Waals surface area contributed by atoms with Crippen molar-refractivity contribution in [2.75, 3.05) is 0 Å². The molecule has 14 rings (SSSR count). The minimum atomic E-state index is -0.169. The molecule has 0 atom stereocenters. The summed E-state index contributed by atoms with van der Waals surface area (Å²) < 4.78 is 9.58. The van der Waals surface area contributed by atoms with Crippen molar-refractivity contribution in [2.24, 2.45) is 0 Å². The Hall–Kier alpha value is -9.34. The second-order valence-corrected chi connectivity index (χ2v) is 18.9. The van der Waals surface area contributed by atoms with Crippen LogP contribution in [0.1, 0.15) is 25.3 Å². The lowest BCUT2D eigenvalue weighted by Crippen LogP contribution is -2.58. The van der Waals surface area contributed by atoms with E-state index in [1.165, 1.54) is 5.56 Å². The van der Waals surface area contributed by atoms with E-state index in [0.29, 0.717) is 34.9 Å². The first-order chi connectivity index (χ1) is 35.5. The van der Waals surface area contributed by atoms with Gasteiger partial charge in [0.1, 0.15) is 11.5 Å². The molecule has 0 saturated carbocycles. The maximum Gasteiger partial charge on any atom is 0.256 e. The lowest BCUT2D eigenvalue weighted by Gasteiger charge is -2.34. The Kier molecular flexibility index (Phi) is 9.64. The molecule has 0 aliphatic carbocycles. The van der Waals surface area contributed by atoms with Gasteiger partial charge < -0.3 is 9.30 Å². The largest absolute Gasteiger partial charge is 0.458 e. The predicted molar refractivity (Wildman–Crippen MR) is 291 cm³/mol. The van der Waals surface area contributed by atoms with Crippen molar-refractivity contribution >= 4 is 44.9 Å². The third-order valence-electron chi connectivity index (χ3n) is 14.1. The molecule has 0 N–H and O–H groups in total. The van der Waals surface area contributed by atoms with E-state index in [9.17, 15) is 0 Å². The van der Waals surface area contributed by atoms with Crippen LogP contribution >= 0.6 is 0 Å². The molecule has 0 unspecified atom stereocenters. The Morgan fingerprint density at radius 2 is 0.833 bits per heavy atom. The van der Waals surface area contributed by atoms with Gasteiger partial charge in [0.15, 0.2) is 34.9 Å². The molecule has 0 radical (unpaired) electrons. The molecular weight excluding hydrogens is 882 g/mol. The van der Waals surface area contributed by atoms with Gasteiger partial charge in [0.05, 0.1) is 5.52 Å². The van der Waals surface area contributed by atoms with Crippen LogP contribution in [0.15, 0.2) is 212 Å². The van der Waals surface area contributed by atoms with Crippen molar-refractivity contribution < 1.29 is 4.74 Å². The second kappa shape index (κ2) is 16.7. The van der Waals surface area contributed by atoms with Gasteiger partial charge in [-0.15, -0.1) is 0 Å². The van der Waals surface area contributed by atoms with E-state index in [0.717, 1.165) is 99.9 Å². The van der Waals surface area contributed by atoms with Gasteiger partial charge in [0, 0.05) is 55.4 Å². The highest BCUT2D eigenvalue weighted by Crippen LogP contribution is 2.42. The summed E-state index contributed by atoms with van der Waals surface area (Å²) in [5.41, 5.74) is 15.6. The Bertz CT molecular complexity index is 3980. The van der Waals surface area contributed by atoms with Gasteiger partial charge in [0.25, 0.3) is 6.71 Å². The Labute approximate surface area is 416 Å². The number of rotatable bonds is 8. The maximum atomic E-state index is 7.12. The Morgan fingerprint density at radius 1 is 0.375 bits per heavy atom. The smallest absolute Gasteiger partial charge is 0.256 e. The van der Waals surface area contributed by atoms with Crippen molar-refractivity contribution in [3.63, 3.8) is 0 Å². The van der Waals surface area contributed by atoms with E-state index in [2.05, 4.69) is 134 Å². The zero-order valence-electron chi connectivity index (χ0n) is 39.4. The van der Waals surface area contributed by atoms with Gasteiger partial charge in [0.2, 0.25) is 0 Å². The second-order valence-electron chi connectivity index (χ2n) is 18.9. The lowest BCUT2D eigenvalue weighted by molar-refractivity contribution is 0.486. The number of hydrogen-bond acceptors (Lipinski definition) is 7. The summed E-state index contributed by atoms with van der Waals surface area (Å²) in [6, 6.07) is 73.6. The van der Waals surface area contributed by atoms with E-state index in [1.54, 1.807) is 0 Å². The van der Waals surface area contributed by atoms with Crippen molar-refractivity contribution in [2.45, 2.75) is 19.8 Å². The highest BCUT2D eigenvalue weighted by atomic mass is 16.5. The summed E-state index contributed by atoms with van der Waals surface area (Å²) in [5, 5.41) is 2.12. The van der Waals surface area contributed by atoms with Crippen molar-refractivity contribution in [3.8, 4) is 96.6 Å². The van der Waals surface area contributed by atoms with Crippen LogP contribution in [0, 0.1) is 0 Å². The lowest BCUT2D eigenvalue weighted by atomic mass is 9.34. The molecule has 5 heterocycles. The topological polar surface area (TPSA) is 91.5 Å². The molecular formula is C63H42BN7O. The first kappa shape index (κ1) is 41.6. The first-order valence-electron chi connectivity index (χ1n) is 24.4. The SMILES string of the molecule is CC(C)c1cc2c3c(c1)-n1c4ccc(-c5nc(-c6ccccc6)nc(-c6ccccc6)n5)cc4c4cc(-c5nc(-c6ccccc6)nc(-c6ccccc6)n5)cc(c41)B3c1ccc(-c3ccccc3)cc1O2. The molecule has 0 saturated heterocycles. The summed E-state index contributed by atoms with van der Waals surface area (Å²) in [4.78, 5) is 31.0. The number of hydrogen-bond donors (Lipinski definition) is 0. The van der Waals surface area contributed by atoms with Gasteiger partial charge in [-0.1, -0.05) is 184 Å². The van der Waals surface area contributed by atoms with Crippen molar-refractivity contribution in [1.29, 1.82) is 0 Å². The monoisotopic (exact) mass is 923 g/mol. The molecule has 12 aromatic rings. The van der Waals surface area contributed by atoms with Gasteiger partial charge in [-0.2, -0.15) is 0 Å². The van der Waals surface area contributed by atoms with Crippen molar-refractivity contribution in [3.05, 3.63) is 218 Å². The molecule has 72 heavy (non-hydrogen) atoms. The van der Waals surface area contributed by atoms with Gasteiger partial charge in [-0.3, -0.25) is 0 Å². The highest BCUT2D eigenvalue weighted by Gasteiger charge is 2.41. The van der Waals surface area contributed by atoms with E-state index >= 15 is 0 Å². The fraction of sp³-hybridized carbons (Fsp3) is 0.0476. The third-order valence-corrected chi connectivity index (χ3v) is 14.1. The van der Waals surface area contributed by atoms with Crippen molar-refractivity contribution in [1.82, 2.24) is 34.5 Å². The van der Waals surface area contributed by atoms with Crippen LogP contribution in [0.4, 0.5) is 0 Å². The van der Waals surface area contributed by atoms with E-state index < -0.39 is 0 Å². The van der Waals surface area contributed by atoms with Crippen LogP contribution in [0.25, 0.3) is 107 Å². The molecule has 8 nitrogen and oxygen atoms in total. The molecule has 0 bridgehead atoms. The fourth-order valence-corrected chi connectivity index (χ4v) is 10.6. The van der Waals surface area contributed by atoms with Gasteiger partial charge in [-0.25, -0.2) is 29.9 Å². The van der Waals surface area contributed by atoms with E-state index in [-0.39, 0.29) is 12.6 Å². The third kappa shape index (κ3) is 6.92. The first-order valence-corrected chi connectivity index (χ1v) is 24.4. The summed E-state index contributed by atoms with van der Waals surface area (Å²) in [6.07, 6.45) is 0. The van der Waals surface area contributed by atoms with Crippen LogP contribution in [-0.2, 0) is 0 Å². The maximum absolute atomic E-state index is 7.12. The fourth-order valence-electron chi connectivity index (χ4n) is 10.6. The average Bonchev–Trinajstić information content (AvgIpc) is 3.78.